The van der Waals surface area contributed by atoms with Crippen molar-refractivity contribution in [3.8, 4) is 0 Å². The molecule has 0 aliphatic carbocycles. The molecule has 2 aromatic heterocycles. The Morgan fingerprint density at radius 3 is 2.52 bits per heavy atom. The minimum Gasteiger partial charge on any atom is -0.450 e. The minimum atomic E-state index is 0.127. The van der Waals surface area contributed by atoms with Crippen LogP contribution in [0.25, 0.3) is 22.1 Å². The number of anilines is 1. The smallest absolute Gasteiger partial charge is 0.196 e. The normalized spacial score (nSPS) is 12.6. The number of benzene rings is 2. The number of aryl methyl sites for hydroxylation is 1. The van der Waals surface area contributed by atoms with Crippen LogP contribution >= 0.6 is 0 Å². The Kier molecular flexibility index (Phi) is 3.23. The summed E-state index contributed by atoms with van der Waals surface area (Å²) in [5.41, 5.74) is 3.60. The zero-order valence-corrected chi connectivity index (χ0v) is 13.1. The summed E-state index contributed by atoms with van der Waals surface area (Å²) >= 11 is 0. The van der Waals surface area contributed by atoms with Crippen LogP contribution in [0.2, 0.25) is 0 Å². The molecular formula is C19H17N3O. The summed E-state index contributed by atoms with van der Waals surface area (Å²) in [6.45, 7) is 4.01. The number of para-hydroxylation sites is 1. The van der Waals surface area contributed by atoms with Crippen molar-refractivity contribution < 1.29 is 4.42 Å². The van der Waals surface area contributed by atoms with Gasteiger partial charge in [-0.3, -0.25) is 0 Å². The van der Waals surface area contributed by atoms with Crippen LogP contribution in [0.4, 0.5) is 5.82 Å². The minimum absolute atomic E-state index is 0.127. The lowest BCUT2D eigenvalue weighted by atomic mass is 10.1. The van der Waals surface area contributed by atoms with Gasteiger partial charge in [-0.1, -0.05) is 42.5 Å². The van der Waals surface area contributed by atoms with Crippen LogP contribution in [-0.2, 0) is 0 Å². The van der Waals surface area contributed by atoms with Gasteiger partial charge in [0.25, 0.3) is 0 Å². The Morgan fingerprint density at radius 2 is 1.70 bits per heavy atom. The first-order valence-electron chi connectivity index (χ1n) is 7.70. The van der Waals surface area contributed by atoms with Gasteiger partial charge in [-0.15, -0.1) is 0 Å². The van der Waals surface area contributed by atoms with Crippen molar-refractivity contribution in [2.45, 2.75) is 19.9 Å². The predicted molar refractivity (Wildman–Crippen MR) is 92.5 cm³/mol. The maximum Gasteiger partial charge on any atom is 0.196 e. The van der Waals surface area contributed by atoms with Crippen LogP contribution in [0, 0.1) is 6.92 Å². The van der Waals surface area contributed by atoms with Gasteiger partial charge in [0.2, 0.25) is 0 Å². The molecule has 4 nitrogen and oxygen atoms in total. The number of rotatable bonds is 3. The molecule has 0 spiro atoms. The topological polar surface area (TPSA) is 51.0 Å². The van der Waals surface area contributed by atoms with Gasteiger partial charge in [0.15, 0.2) is 11.4 Å². The summed E-state index contributed by atoms with van der Waals surface area (Å²) in [4.78, 5) is 9.11. The molecular weight excluding hydrogens is 286 g/mol. The lowest BCUT2D eigenvalue weighted by Gasteiger charge is -2.15. The van der Waals surface area contributed by atoms with E-state index < -0.39 is 0 Å². The number of hydrogen-bond donors (Lipinski definition) is 1. The number of fused-ring (bicyclic) bond motifs is 3. The molecule has 4 rings (SSSR count). The number of nitrogens with one attached hydrogen (secondary N) is 1. The molecule has 0 bridgehead atoms. The van der Waals surface area contributed by atoms with Crippen molar-refractivity contribution in [1.29, 1.82) is 0 Å². The molecule has 114 valence electrons. The Labute approximate surface area is 134 Å². The van der Waals surface area contributed by atoms with Crippen molar-refractivity contribution in [2.24, 2.45) is 0 Å². The van der Waals surface area contributed by atoms with Gasteiger partial charge in [-0.05, 0) is 31.5 Å². The van der Waals surface area contributed by atoms with Gasteiger partial charge in [-0.2, -0.15) is 0 Å². The van der Waals surface area contributed by atoms with E-state index in [2.05, 4.69) is 34.3 Å². The van der Waals surface area contributed by atoms with Gasteiger partial charge < -0.3 is 9.73 Å². The standard InChI is InChI=1S/C19H17N3O/c1-12(14-8-4-3-5-9-14)20-19-18-17(21-13(2)22-19)15-10-6-7-11-16(15)23-18/h3-12H,1-2H3,(H,20,21,22)/t12-/m1/s1. The molecule has 0 radical (unpaired) electrons. The molecule has 4 aromatic rings. The Bertz CT molecular complexity index is 976. The molecule has 2 aromatic carbocycles. The molecule has 1 N–H and O–H groups in total. The van der Waals surface area contributed by atoms with Gasteiger partial charge >= 0.3 is 0 Å². The van der Waals surface area contributed by atoms with Crippen LogP contribution in [0.15, 0.2) is 59.0 Å². The maximum absolute atomic E-state index is 5.99. The lowest BCUT2D eigenvalue weighted by Crippen LogP contribution is -2.09. The fourth-order valence-electron chi connectivity index (χ4n) is 2.83. The highest BCUT2D eigenvalue weighted by Gasteiger charge is 2.16. The first-order valence-corrected chi connectivity index (χ1v) is 7.70. The molecule has 0 saturated heterocycles. The van der Waals surface area contributed by atoms with E-state index in [4.69, 9.17) is 4.42 Å². The van der Waals surface area contributed by atoms with Crippen LogP contribution < -0.4 is 5.32 Å². The van der Waals surface area contributed by atoms with Gasteiger partial charge in [-0.25, -0.2) is 9.97 Å². The van der Waals surface area contributed by atoms with E-state index in [9.17, 15) is 0 Å². The summed E-state index contributed by atoms with van der Waals surface area (Å²) in [6.07, 6.45) is 0. The molecule has 0 amide bonds. The summed E-state index contributed by atoms with van der Waals surface area (Å²) in [6, 6.07) is 18.4. The van der Waals surface area contributed by atoms with E-state index in [0.29, 0.717) is 5.58 Å². The SMILES string of the molecule is Cc1nc(N[C@H](C)c2ccccc2)c2oc3ccccc3c2n1. The lowest BCUT2D eigenvalue weighted by molar-refractivity contribution is 0.664. The third-order valence-corrected chi connectivity index (χ3v) is 3.98. The highest BCUT2D eigenvalue weighted by Crippen LogP contribution is 2.32. The highest BCUT2D eigenvalue weighted by atomic mass is 16.3. The van der Waals surface area contributed by atoms with E-state index in [1.165, 1.54) is 5.56 Å². The van der Waals surface area contributed by atoms with Crippen molar-refractivity contribution in [3.05, 3.63) is 66.0 Å². The van der Waals surface area contributed by atoms with E-state index in [-0.39, 0.29) is 6.04 Å². The maximum atomic E-state index is 5.99. The third-order valence-electron chi connectivity index (χ3n) is 3.98. The average Bonchev–Trinajstić information content (AvgIpc) is 2.94. The Hall–Kier alpha value is -2.88. The van der Waals surface area contributed by atoms with Crippen LogP contribution in [0.3, 0.4) is 0 Å². The molecule has 0 aliphatic heterocycles. The number of nitrogens with zero attached hydrogens (tertiary/aromatic N) is 2. The van der Waals surface area contributed by atoms with E-state index in [0.717, 1.165) is 28.1 Å². The molecule has 1 atom stereocenters. The third kappa shape index (κ3) is 2.42. The zero-order chi connectivity index (χ0) is 15.8. The first kappa shape index (κ1) is 13.8. The van der Waals surface area contributed by atoms with Gasteiger partial charge in [0, 0.05) is 5.39 Å². The molecule has 0 unspecified atom stereocenters. The van der Waals surface area contributed by atoms with E-state index in [1.807, 2.05) is 49.4 Å². The molecule has 2 heterocycles. The molecule has 0 aliphatic rings. The molecule has 23 heavy (non-hydrogen) atoms. The molecule has 0 saturated carbocycles. The van der Waals surface area contributed by atoms with Crippen molar-refractivity contribution in [3.63, 3.8) is 0 Å². The summed E-state index contributed by atoms with van der Waals surface area (Å²) in [7, 11) is 0. The second-order valence-electron chi connectivity index (χ2n) is 5.67. The van der Waals surface area contributed by atoms with Crippen molar-refractivity contribution in [2.75, 3.05) is 5.32 Å². The summed E-state index contributed by atoms with van der Waals surface area (Å²) in [5, 5.41) is 4.48. The fraction of sp³-hybridized carbons (Fsp3) is 0.158. The van der Waals surface area contributed by atoms with Crippen molar-refractivity contribution >= 4 is 27.9 Å². The monoisotopic (exact) mass is 303 g/mol. The van der Waals surface area contributed by atoms with Crippen LogP contribution in [0.1, 0.15) is 24.4 Å². The molecule has 0 fully saturated rings. The van der Waals surface area contributed by atoms with Crippen LogP contribution in [0.5, 0.6) is 0 Å². The van der Waals surface area contributed by atoms with Crippen LogP contribution in [-0.4, -0.2) is 9.97 Å². The van der Waals surface area contributed by atoms with Gasteiger partial charge in [0.1, 0.15) is 16.9 Å². The largest absolute Gasteiger partial charge is 0.450 e. The predicted octanol–water partition coefficient (Wildman–Crippen LogP) is 4.86. The fourth-order valence-corrected chi connectivity index (χ4v) is 2.83. The van der Waals surface area contributed by atoms with Crippen molar-refractivity contribution in [1.82, 2.24) is 9.97 Å². The molecule has 4 heteroatoms. The average molecular weight is 303 g/mol. The Morgan fingerprint density at radius 1 is 0.957 bits per heavy atom. The number of aromatic nitrogens is 2. The Balaban J connectivity index is 1.83. The first-order chi connectivity index (χ1) is 11.2. The summed E-state index contributed by atoms with van der Waals surface area (Å²) in [5.74, 6) is 1.46. The highest BCUT2D eigenvalue weighted by molar-refractivity contribution is 6.05. The van der Waals surface area contributed by atoms with E-state index >= 15 is 0 Å². The number of hydrogen-bond acceptors (Lipinski definition) is 4. The summed E-state index contributed by atoms with van der Waals surface area (Å²) < 4.78 is 5.99. The van der Waals surface area contributed by atoms with Gasteiger partial charge in [0.05, 0.1) is 6.04 Å². The van der Waals surface area contributed by atoms with E-state index in [1.54, 1.807) is 0 Å². The zero-order valence-electron chi connectivity index (χ0n) is 13.1. The number of furan rings is 1. The quantitative estimate of drug-likeness (QED) is 0.587. The second kappa shape index (κ2) is 5.39. The second-order valence-corrected chi connectivity index (χ2v) is 5.67.